The fourth-order valence-electron chi connectivity index (χ4n) is 2.10. The van der Waals surface area contributed by atoms with E-state index >= 15 is 0 Å². The highest BCUT2D eigenvalue weighted by Crippen LogP contribution is 2.15. The highest BCUT2D eigenvalue weighted by atomic mass is 79.9. The molecule has 21 heavy (non-hydrogen) atoms. The molecule has 0 aliphatic heterocycles. The van der Waals surface area contributed by atoms with E-state index in [1.54, 1.807) is 6.07 Å². The summed E-state index contributed by atoms with van der Waals surface area (Å²) in [6.07, 6.45) is 0.909. The fraction of sp³-hybridized carbons (Fsp3) is 0.294. The molecule has 0 radical (unpaired) electrons. The first-order chi connectivity index (χ1) is 10.1. The zero-order valence-corrected chi connectivity index (χ0v) is 13.9. The average molecular weight is 347 g/mol. The van der Waals surface area contributed by atoms with Crippen LogP contribution in [0.5, 0.6) is 0 Å². The van der Waals surface area contributed by atoms with Crippen LogP contribution in [-0.2, 0) is 6.54 Å². The van der Waals surface area contributed by atoms with Gasteiger partial charge in [-0.05, 0) is 47.0 Å². The van der Waals surface area contributed by atoms with Crippen molar-refractivity contribution in [3.05, 3.63) is 64.4 Å². The second-order valence-corrected chi connectivity index (χ2v) is 5.83. The molecule has 0 bridgehead atoms. The summed E-state index contributed by atoms with van der Waals surface area (Å²) in [4.78, 5) is 18.9. The Labute approximate surface area is 134 Å². The molecule has 1 amide bonds. The highest BCUT2D eigenvalue weighted by molar-refractivity contribution is 9.10. The molecule has 0 N–H and O–H groups in total. The Kier molecular flexibility index (Phi) is 5.51. The first-order valence-corrected chi connectivity index (χ1v) is 7.88. The Morgan fingerprint density at radius 2 is 1.90 bits per heavy atom. The van der Waals surface area contributed by atoms with Crippen LogP contribution < -0.4 is 0 Å². The van der Waals surface area contributed by atoms with Gasteiger partial charge in [-0.2, -0.15) is 0 Å². The third-order valence-corrected chi connectivity index (χ3v) is 3.96. The number of aromatic nitrogens is 1. The smallest absolute Gasteiger partial charge is 0.273 e. The van der Waals surface area contributed by atoms with Crippen LogP contribution >= 0.6 is 15.9 Å². The van der Waals surface area contributed by atoms with E-state index in [9.17, 15) is 4.79 Å². The van der Waals surface area contributed by atoms with Gasteiger partial charge in [0.25, 0.3) is 5.91 Å². The lowest BCUT2D eigenvalue weighted by Crippen LogP contribution is -2.38. The van der Waals surface area contributed by atoms with E-state index in [2.05, 4.69) is 34.8 Å². The molecule has 0 fully saturated rings. The minimum atomic E-state index is -0.0329. The number of benzene rings is 1. The number of halogens is 1. The van der Waals surface area contributed by atoms with Crippen molar-refractivity contribution in [2.75, 3.05) is 0 Å². The lowest BCUT2D eigenvalue weighted by atomic mass is 10.1. The van der Waals surface area contributed by atoms with Crippen molar-refractivity contribution in [1.29, 1.82) is 0 Å². The summed E-state index contributed by atoms with van der Waals surface area (Å²) < 4.78 is 0.678. The first-order valence-electron chi connectivity index (χ1n) is 7.09. The largest absolute Gasteiger partial charge is 0.330 e. The molecule has 1 aromatic heterocycles. The van der Waals surface area contributed by atoms with Crippen LogP contribution in [0, 0.1) is 0 Å². The number of amides is 1. The molecule has 0 aliphatic carbocycles. The van der Waals surface area contributed by atoms with E-state index in [0.717, 1.165) is 12.0 Å². The number of pyridine rings is 1. The molecule has 3 nitrogen and oxygen atoms in total. The van der Waals surface area contributed by atoms with Gasteiger partial charge in [0.05, 0.1) is 0 Å². The average Bonchev–Trinajstić information content (AvgIpc) is 2.52. The number of hydrogen-bond acceptors (Lipinski definition) is 2. The van der Waals surface area contributed by atoms with Crippen LogP contribution in [0.2, 0.25) is 0 Å². The monoisotopic (exact) mass is 346 g/mol. The zero-order valence-electron chi connectivity index (χ0n) is 12.3. The van der Waals surface area contributed by atoms with Crippen LogP contribution in [0.15, 0.2) is 53.1 Å². The number of carbonyl (C=O) groups is 1. The maximum absolute atomic E-state index is 12.7. The SMILES string of the molecule is CCC(C)N(Cc1ccccc1)C(=O)c1cccc(Br)n1. The molecule has 2 rings (SSSR count). The summed E-state index contributed by atoms with van der Waals surface area (Å²) in [5, 5.41) is 0. The van der Waals surface area contributed by atoms with Gasteiger partial charge in [0.15, 0.2) is 0 Å². The Balaban J connectivity index is 2.25. The first kappa shape index (κ1) is 15.7. The van der Waals surface area contributed by atoms with E-state index in [1.807, 2.05) is 47.4 Å². The Hall–Kier alpha value is -1.68. The second-order valence-electron chi connectivity index (χ2n) is 5.02. The lowest BCUT2D eigenvalue weighted by molar-refractivity contribution is 0.0665. The predicted octanol–water partition coefficient (Wildman–Crippen LogP) is 4.29. The van der Waals surface area contributed by atoms with Gasteiger partial charge in [0.1, 0.15) is 10.3 Å². The van der Waals surface area contributed by atoms with Gasteiger partial charge in [-0.15, -0.1) is 0 Å². The van der Waals surface area contributed by atoms with Gasteiger partial charge >= 0.3 is 0 Å². The maximum Gasteiger partial charge on any atom is 0.273 e. The molecular formula is C17H19BrN2O. The van der Waals surface area contributed by atoms with Crippen LogP contribution in [-0.4, -0.2) is 21.8 Å². The van der Waals surface area contributed by atoms with Crippen molar-refractivity contribution in [3.8, 4) is 0 Å². The summed E-state index contributed by atoms with van der Waals surface area (Å²) in [5.41, 5.74) is 1.60. The number of hydrogen-bond donors (Lipinski definition) is 0. The number of carbonyl (C=O) groups excluding carboxylic acids is 1. The number of rotatable bonds is 5. The standard InChI is InChI=1S/C17H19BrN2O/c1-3-13(2)20(12-14-8-5-4-6-9-14)17(21)15-10-7-11-16(18)19-15/h4-11,13H,3,12H2,1-2H3. The summed E-state index contributed by atoms with van der Waals surface area (Å²) in [5.74, 6) is -0.0329. The summed E-state index contributed by atoms with van der Waals surface area (Å²) in [6, 6.07) is 15.6. The van der Waals surface area contributed by atoms with Crippen LogP contribution in [0.3, 0.4) is 0 Å². The van der Waals surface area contributed by atoms with Crippen LogP contribution in [0.4, 0.5) is 0 Å². The minimum Gasteiger partial charge on any atom is -0.330 e. The van der Waals surface area contributed by atoms with Crippen molar-refractivity contribution in [2.45, 2.75) is 32.9 Å². The highest BCUT2D eigenvalue weighted by Gasteiger charge is 2.21. The van der Waals surface area contributed by atoms with E-state index in [1.165, 1.54) is 0 Å². The van der Waals surface area contributed by atoms with Crippen LogP contribution in [0.1, 0.15) is 36.3 Å². The number of nitrogens with zero attached hydrogens (tertiary/aromatic N) is 2. The molecule has 0 saturated carbocycles. The summed E-state index contributed by atoms with van der Waals surface area (Å²) in [7, 11) is 0. The molecule has 1 heterocycles. The van der Waals surface area contributed by atoms with Gasteiger partial charge in [-0.1, -0.05) is 43.3 Å². The molecule has 0 saturated heterocycles. The Morgan fingerprint density at radius 3 is 2.52 bits per heavy atom. The van der Waals surface area contributed by atoms with E-state index in [4.69, 9.17) is 0 Å². The molecule has 1 aromatic carbocycles. The molecule has 4 heteroatoms. The van der Waals surface area contributed by atoms with Gasteiger partial charge in [-0.3, -0.25) is 4.79 Å². The van der Waals surface area contributed by atoms with Gasteiger partial charge < -0.3 is 4.90 Å². The Bertz CT molecular complexity index is 601. The molecule has 1 atom stereocenters. The van der Waals surface area contributed by atoms with E-state index in [0.29, 0.717) is 16.8 Å². The molecule has 110 valence electrons. The minimum absolute atomic E-state index is 0.0329. The molecule has 1 unspecified atom stereocenters. The molecule has 2 aromatic rings. The van der Waals surface area contributed by atoms with Gasteiger partial charge in [-0.25, -0.2) is 4.98 Å². The van der Waals surface area contributed by atoms with Crippen molar-refractivity contribution >= 4 is 21.8 Å². The Morgan fingerprint density at radius 1 is 1.19 bits per heavy atom. The zero-order chi connectivity index (χ0) is 15.2. The lowest BCUT2D eigenvalue weighted by Gasteiger charge is -2.28. The predicted molar refractivity (Wildman–Crippen MR) is 88.0 cm³/mol. The summed E-state index contributed by atoms with van der Waals surface area (Å²) in [6.45, 7) is 4.76. The third-order valence-electron chi connectivity index (χ3n) is 3.51. The third kappa shape index (κ3) is 4.14. The van der Waals surface area contributed by atoms with Crippen molar-refractivity contribution < 1.29 is 4.79 Å². The van der Waals surface area contributed by atoms with Crippen molar-refractivity contribution in [2.24, 2.45) is 0 Å². The van der Waals surface area contributed by atoms with E-state index in [-0.39, 0.29) is 11.9 Å². The van der Waals surface area contributed by atoms with Gasteiger partial charge in [0.2, 0.25) is 0 Å². The normalized spacial score (nSPS) is 12.0. The topological polar surface area (TPSA) is 33.2 Å². The summed E-state index contributed by atoms with van der Waals surface area (Å²) >= 11 is 3.32. The van der Waals surface area contributed by atoms with Gasteiger partial charge in [0, 0.05) is 12.6 Å². The second kappa shape index (κ2) is 7.36. The molecule has 0 spiro atoms. The van der Waals surface area contributed by atoms with E-state index < -0.39 is 0 Å². The quantitative estimate of drug-likeness (QED) is 0.756. The van der Waals surface area contributed by atoms with Crippen molar-refractivity contribution in [1.82, 2.24) is 9.88 Å². The molecular weight excluding hydrogens is 328 g/mol. The van der Waals surface area contributed by atoms with Crippen LogP contribution in [0.25, 0.3) is 0 Å². The van der Waals surface area contributed by atoms with Crippen molar-refractivity contribution in [3.63, 3.8) is 0 Å². The maximum atomic E-state index is 12.7. The fourth-order valence-corrected chi connectivity index (χ4v) is 2.45. The molecule has 0 aliphatic rings.